The summed E-state index contributed by atoms with van der Waals surface area (Å²) in [5.74, 6) is 5.74. The van der Waals surface area contributed by atoms with Crippen molar-refractivity contribution in [1.29, 1.82) is 0 Å². The molecule has 4 rings (SSSR count). The molecule has 1 amide bonds. The molecule has 0 aliphatic carbocycles. The first-order valence-electron chi connectivity index (χ1n) is 13.2. The van der Waals surface area contributed by atoms with E-state index in [2.05, 4.69) is 15.3 Å². The SMILES string of the molecule is CN=C1C(=CN)NC(=O)C(C)CCCC(n2cnc(-c3cc(Cl)ccc3N(N)/C=C\N)c(C)c2=O)c2cc1ccn2. The molecule has 11 nitrogen and oxygen atoms in total. The number of allylic oxidation sites excluding steroid dienone is 1. The van der Waals surface area contributed by atoms with Gasteiger partial charge in [-0.25, -0.2) is 10.8 Å². The van der Waals surface area contributed by atoms with E-state index >= 15 is 0 Å². The molecule has 214 valence electrons. The van der Waals surface area contributed by atoms with E-state index in [0.717, 1.165) is 0 Å². The van der Waals surface area contributed by atoms with Crippen LogP contribution in [0.2, 0.25) is 5.02 Å². The number of benzene rings is 1. The van der Waals surface area contributed by atoms with Gasteiger partial charge in [0.25, 0.3) is 5.56 Å². The summed E-state index contributed by atoms with van der Waals surface area (Å²) in [4.78, 5) is 40.5. The van der Waals surface area contributed by atoms with Gasteiger partial charge in [-0.3, -0.25) is 29.1 Å². The summed E-state index contributed by atoms with van der Waals surface area (Å²) in [6.07, 6.45) is 9.16. The predicted molar refractivity (Wildman–Crippen MR) is 162 cm³/mol. The van der Waals surface area contributed by atoms with E-state index in [1.165, 1.54) is 29.9 Å². The number of rotatable bonds is 4. The standard InChI is InChI=1S/C29H34ClN9O2/c1-17-5-4-6-25(22-13-19(9-11-35-22)27(34-3)23(15-32)37-28(17)40)38-16-36-26(18(2)29(38)41)21-14-20(30)7-8-24(21)39(33)12-10-31/h7-17,25H,4-6,31-33H2,1-3H3,(H,37,40)/b12-10-,23-15?,34-27?. The van der Waals surface area contributed by atoms with Crippen molar-refractivity contribution >= 4 is 28.9 Å². The van der Waals surface area contributed by atoms with Gasteiger partial charge in [0.05, 0.1) is 40.9 Å². The number of carbonyl (C=O) groups excluding carboxylic acids is 1. The molecule has 2 atom stereocenters. The van der Waals surface area contributed by atoms with Crippen molar-refractivity contribution in [3.8, 4) is 11.3 Å². The Labute approximate surface area is 243 Å². The van der Waals surface area contributed by atoms with Crippen molar-refractivity contribution in [2.24, 2.45) is 28.2 Å². The van der Waals surface area contributed by atoms with Gasteiger partial charge in [-0.15, -0.1) is 0 Å². The number of aromatic nitrogens is 3. The lowest BCUT2D eigenvalue weighted by molar-refractivity contribution is -0.123. The Bertz CT molecular complexity index is 1600. The van der Waals surface area contributed by atoms with Crippen LogP contribution in [0.5, 0.6) is 0 Å². The van der Waals surface area contributed by atoms with Crippen molar-refractivity contribution in [2.75, 3.05) is 12.1 Å². The third-order valence-electron chi connectivity index (χ3n) is 7.16. The zero-order chi connectivity index (χ0) is 29.7. The third-order valence-corrected chi connectivity index (χ3v) is 7.39. The van der Waals surface area contributed by atoms with Gasteiger partial charge in [0.2, 0.25) is 5.91 Å². The van der Waals surface area contributed by atoms with Crippen LogP contribution in [-0.2, 0) is 4.79 Å². The minimum atomic E-state index is -0.439. The molecule has 12 heteroatoms. The lowest BCUT2D eigenvalue weighted by Gasteiger charge is -2.24. The minimum Gasteiger partial charge on any atom is -0.403 e. The largest absolute Gasteiger partial charge is 0.403 e. The van der Waals surface area contributed by atoms with Gasteiger partial charge in [0, 0.05) is 59.5 Å². The van der Waals surface area contributed by atoms with Crippen molar-refractivity contribution in [1.82, 2.24) is 19.9 Å². The molecule has 0 saturated carbocycles. The molecule has 1 aromatic carbocycles. The first-order valence-corrected chi connectivity index (χ1v) is 13.5. The van der Waals surface area contributed by atoms with Crippen LogP contribution in [0, 0.1) is 12.8 Å². The second kappa shape index (κ2) is 12.8. The second-order valence-corrected chi connectivity index (χ2v) is 10.2. The average molecular weight is 576 g/mol. The molecule has 2 bridgehead atoms. The van der Waals surface area contributed by atoms with Crippen LogP contribution in [0.25, 0.3) is 11.3 Å². The van der Waals surface area contributed by atoms with Crippen LogP contribution in [0.1, 0.15) is 49.0 Å². The van der Waals surface area contributed by atoms with Crippen molar-refractivity contribution < 1.29 is 4.79 Å². The molecule has 2 unspecified atom stereocenters. The Morgan fingerprint density at radius 1 is 1.17 bits per heavy atom. The summed E-state index contributed by atoms with van der Waals surface area (Å²) in [7, 11) is 1.63. The molecular formula is C29H34ClN9O2. The number of hydrogen-bond donors (Lipinski definition) is 4. The first-order chi connectivity index (χ1) is 19.7. The fourth-order valence-corrected chi connectivity index (χ4v) is 5.12. The summed E-state index contributed by atoms with van der Waals surface area (Å²) in [6, 6.07) is 8.36. The van der Waals surface area contributed by atoms with Crippen LogP contribution in [-0.4, -0.2) is 33.2 Å². The lowest BCUT2D eigenvalue weighted by Crippen LogP contribution is -2.34. The number of halogens is 1. The molecule has 3 aromatic rings. The highest BCUT2D eigenvalue weighted by molar-refractivity contribution is 6.31. The van der Waals surface area contributed by atoms with Gasteiger partial charge in [0.1, 0.15) is 0 Å². The Morgan fingerprint density at radius 2 is 1.95 bits per heavy atom. The quantitative estimate of drug-likeness (QED) is 0.271. The number of aliphatic imine (C=N–C) groups is 1. The molecule has 0 fully saturated rings. The monoisotopic (exact) mass is 575 g/mol. The number of hydrogen-bond acceptors (Lipinski definition) is 9. The van der Waals surface area contributed by atoms with Crippen molar-refractivity contribution in [3.63, 3.8) is 0 Å². The topological polar surface area (TPSA) is 171 Å². The highest BCUT2D eigenvalue weighted by Crippen LogP contribution is 2.33. The summed E-state index contributed by atoms with van der Waals surface area (Å²) in [5, 5.41) is 4.71. The van der Waals surface area contributed by atoms with Crippen molar-refractivity contribution in [2.45, 2.75) is 39.2 Å². The number of amides is 1. The maximum atomic E-state index is 13.9. The van der Waals surface area contributed by atoms with Gasteiger partial charge in [-0.2, -0.15) is 0 Å². The van der Waals surface area contributed by atoms with Gasteiger partial charge in [-0.1, -0.05) is 24.9 Å². The zero-order valence-electron chi connectivity index (χ0n) is 23.2. The van der Waals surface area contributed by atoms with Crippen LogP contribution >= 0.6 is 11.6 Å². The highest BCUT2D eigenvalue weighted by atomic mass is 35.5. The summed E-state index contributed by atoms with van der Waals surface area (Å²) < 4.78 is 1.59. The minimum absolute atomic E-state index is 0.149. The Morgan fingerprint density at radius 3 is 2.66 bits per heavy atom. The highest BCUT2D eigenvalue weighted by Gasteiger charge is 2.25. The number of nitrogens with one attached hydrogen (secondary N) is 1. The van der Waals surface area contributed by atoms with Gasteiger partial charge < -0.3 is 16.8 Å². The lowest BCUT2D eigenvalue weighted by atomic mass is 9.96. The maximum absolute atomic E-state index is 13.9. The van der Waals surface area contributed by atoms with E-state index in [9.17, 15) is 9.59 Å². The number of anilines is 1. The number of pyridine rings is 1. The summed E-state index contributed by atoms with van der Waals surface area (Å²) in [5.41, 5.74) is 15.5. The molecule has 3 heterocycles. The molecular weight excluding hydrogens is 542 g/mol. The van der Waals surface area contributed by atoms with Gasteiger partial charge in [-0.05, 0) is 50.1 Å². The van der Waals surface area contributed by atoms with E-state index in [4.69, 9.17) is 33.9 Å². The van der Waals surface area contributed by atoms with Gasteiger partial charge >= 0.3 is 0 Å². The van der Waals surface area contributed by atoms with E-state index in [0.29, 0.717) is 69.5 Å². The Hall–Kier alpha value is -4.48. The van der Waals surface area contributed by atoms with Crippen LogP contribution in [0.15, 0.2) is 76.9 Å². The van der Waals surface area contributed by atoms with Crippen LogP contribution < -0.4 is 33.2 Å². The summed E-state index contributed by atoms with van der Waals surface area (Å²) >= 11 is 6.31. The molecule has 0 saturated heterocycles. The number of hydrazine groups is 1. The molecule has 1 aliphatic rings. The first kappa shape index (κ1) is 29.5. The fourth-order valence-electron chi connectivity index (χ4n) is 4.95. The molecule has 0 radical (unpaired) electrons. The third kappa shape index (κ3) is 6.16. The Balaban J connectivity index is 1.86. The Kier molecular flexibility index (Phi) is 9.21. The number of fused-ring (bicyclic) bond motifs is 2. The zero-order valence-corrected chi connectivity index (χ0v) is 24.0. The van der Waals surface area contributed by atoms with Gasteiger partial charge in [0.15, 0.2) is 0 Å². The summed E-state index contributed by atoms with van der Waals surface area (Å²) in [6.45, 7) is 3.58. The average Bonchev–Trinajstić information content (AvgIpc) is 2.96. The molecule has 0 spiro atoms. The van der Waals surface area contributed by atoms with E-state index in [1.807, 2.05) is 13.0 Å². The normalized spacial score (nSPS) is 20.1. The number of nitrogens with two attached hydrogens (primary N) is 3. The predicted octanol–water partition coefficient (Wildman–Crippen LogP) is 3.12. The van der Waals surface area contributed by atoms with Crippen LogP contribution in [0.4, 0.5) is 5.69 Å². The van der Waals surface area contributed by atoms with E-state index in [1.54, 1.807) is 49.0 Å². The van der Waals surface area contributed by atoms with E-state index in [-0.39, 0.29) is 17.4 Å². The second-order valence-electron chi connectivity index (χ2n) is 9.80. The fraction of sp³-hybridized carbons (Fsp3) is 0.276. The molecule has 1 aliphatic heterocycles. The molecule has 41 heavy (non-hydrogen) atoms. The van der Waals surface area contributed by atoms with Crippen molar-refractivity contribution in [3.05, 3.63) is 99.4 Å². The molecule has 7 N–H and O–H groups in total. The smallest absolute Gasteiger partial charge is 0.257 e. The van der Waals surface area contributed by atoms with Crippen LogP contribution in [0.3, 0.4) is 0 Å². The maximum Gasteiger partial charge on any atom is 0.257 e. The number of nitrogens with zero attached hydrogens (tertiary/aromatic N) is 5. The number of carbonyl (C=O) groups is 1. The molecule has 2 aromatic heterocycles. The van der Waals surface area contributed by atoms with E-state index < -0.39 is 6.04 Å².